The van der Waals surface area contributed by atoms with Crippen molar-refractivity contribution < 1.29 is 10.2 Å². The molecule has 0 amide bonds. The summed E-state index contributed by atoms with van der Waals surface area (Å²) in [6.07, 6.45) is 0.903. The molecule has 0 aliphatic carbocycles. The van der Waals surface area contributed by atoms with E-state index < -0.39 is 5.79 Å². The zero-order valence-electron chi connectivity index (χ0n) is 6.72. The summed E-state index contributed by atoms with van der Waals surface area (Å²) >= 11 is 0. The highest BCUT2D eigenvalue weighted by Crippen LogP contribution is 2.12. The second-order valence-corrected chi connectivity index (χ2v) is 2.23. The highest BCUT2D eigenvalue weighted by atomic mass is 16.5. The maximum Gasteiger partial charge on any atom is 0.164 e. The molecule has 1 heterocycles. The first-order valence-electron chi connectivity index (χ1n) is 3.86. The molecule has 1 aliphatic rings. The van der Waals surface area contributed by atoms with Crippen LogP contribution in [0.5, 0.6) is 0 Å². The Morgan fingerprint density at radius 2 is 1.50 bits per heavy atom. The standard InChI is InChI=1S/C5H11NO2.C2H6/c7-5(8)1-3-6-4-2-5;1-2/h6-8H,1-4H2;1-2H3. The van der Waals surface area contributed by atoms with Crippen LogP contribution in [-0.4, -0.2) is 29.1 Å². The minimum absolute atomic E-state index is 0.451. The maximum absolute atomic E-state index is 8.89. The van der Waals surface area contributed by atoms with Gasteiger partial charge in [-0.25, -0.2) is 0 Å². The molecule has 0 spiro atoms. The van der Waals surface area contributed by atoms with Crippen molar-refractivity contribution >= 4 is 0 Å². The molecule has 0 aromatic carbocycles. The average Bonchev–Trinajstić information content (AvgIpc) is 1.92. The molecule has 1 fully saturated rings. The Balaban J connectivity index is 0.000000371. The molecule has 0 bridgehead atoms. The molecular formula is C7H17NO2. The lowest BCUT2D eigenvalue weighted by molar-refractivity contribution is -0.175. The van der Waals surface area contributed by atoms with Crippen molar-refractivity contribution in [3.63, 3.8) is 0 Å². The summed E-state index contributed by atoms with van der Waals surface area (Å²) in [5.41, 5.74) is 0. The fraction of sp³-hybridized carbons (Fsp3) is 1.00. The lowest BCUT2D eigenvalue weighted by Crippen LogP contribution is -2.41. The molecular weight excluding hydrogens is 130 g/mol. The lowest BCUT2D eigenvalue weighted by Gasteiger charge is -2.26. The van der Waals surface area contributed by atoms with Crippen molar-refractivity contribution in [3.05, 3.63) is 0 Å². The van der Waals surface area contributed by atoms with E-state index in [-0.39, 0.29) is 0 Å². The van der Waals surface area contributed by atoms with Gasteiger partial charge in [0, 0.05) is 25.9 Å². The number of piperidine rings is 1. The number of nitrogens with one attached hydrogen (secondary N) is 1. The van der Waals surface area contributed by atoms with E-state index >= 15 is 0 Å². The van der Waals surface area contributed by atoms with Crippen LogP contribution in [0.25, 0.3) is 0 Å². The summed E-state index contributed by atoms with van der Waals surface area (Å²) in [6.45, 7) is 5.43. The van der Waals surface area contributed by atoms with Crippen molar-refractivity contribution in [2.75, 3.05) is 13.1 Å². The Hall–Kier alpha value is -0.120. The van der Waals surface area contributed by atoms with Crippen molar-refractivity contribution in [1.29, 1.82) is 0 Å². The third-order valence-electron chi connectivity index (χ3n) is 1.40. The second kappa shape index (κ2) is 4.66. The summed E-state index contributed by atoms with van der Waals surface area (Å²) in [5.74, 6) is -1.38. The van der Waals surface area contributed by atoms with Gasteiger partial charge >= 0.3 is 0 Å². The molecule has 1 saturated heterocycles. The first-order chi connectivity index (χ1) is 4.71. The van der Waals surface area contributed by atoms with Crippen LogP contribution in [0.2, 0.25) is 0 Å². The van der Waals surface area contributed by atoms with Crippen LogP contribution in [0.4, 0.5) is 0 Å². The van der Waals surface area contributed by atoms with Crippen molar-refractivity contribution in [2.24, 2.45) is 0 Å². The number of rotatable bonds is 0. The Morgan fingerprint density at radius 1 is 1.10 bits per heavy atom. The smallest absolute Gasteiger partial charge is 0.164 e. The molecule has 0 unspecified atom stereocenters. The average molecular weight is 147 g/mol. The van der Waals surface area contributed by atoms with Crippen LogP contribution in [-0.2, 0) is 0 Å². The third-order valence-corrected chi connectivity index (χ3v) is 1.40. The van der Waals surface area contributed by atoms with Crippen LogP contribution < -0.4 is 5.32 Å². The van der Waals surface area contributed by atoms with E-state index in [1.165, 1.54) is 0 Å². The minimum Gasteiger partial charge on any atom is -0.366 e. The third kappa shape index (κ3) is 3.82. The second-order valence-electron chi connectivity index (χ2n) is 2.23. The normalized spacial score (nSPS) is 22.8. The zero-order chi connectivity index (χ0) is 8.04. The van der Waals surface area contributed by atoms with E-state index in [2.05, 4.69) is 5.32 Å². The van der Waals surface area contributed by atoms with Gasteiger partial charge in [-0.1, -0.05) is 13.8 Å². The quantitative estimate of drug-likeness (QED) is 0.425. The molecule has 3 heteroatoms. The van der Waals surface area contributed by atoms with Crippen LogP contribution in [0.3, 0.4) is 0 Å². The van der Waals surface area contributed by atoms with Crippen LogP contribution in [0, 0.1) is 0 Å². The van der Waals surface area contributed by atoms with Gasteiger partial charge in [-0.05, 0) is 0 Å². The summed E-state index contributed by atoms with van der Waals surface area (Å²) in [7, 11) is 0. The van der Waals surface area contributed by atoms with Gasteiger partial charge in [-0.2, -0.15) is 0 Å². The van der Waals surface area contributed by atoms with Gasteiger partial charge in [0.2, 0.25) is 0 Å². The number of hydrogen-bond acceptors (Lipinski definition) is 3. The van der Waals surface area contributed by atoms with E-state index in [0.29, 0.717) is 25.9 Å². The Bertz CT molecular complexity index is 75.7. The molecule has 3 nitrogen and oxygen atoms in total. The first kappa shape index (κ1) is 9.88. The van der Waals surface area contributed by atoms with Gasteiger partial charge in [0.05, 0.1) is 0 Å². The van der Waals surface area contributed by atoms with Crippen molar-refractivity contribution in [3.8, 4) is 0 Å². The molecule has 10 heavy (non-hydrogen) atoms. The highest BCUT2D eigenvalue weighted by Gasteiger charge is 2.24. The molecule has 0 aromatic heterocycles. The number of hydrogen-bond donors (Lipinski definition) is 3. The van der Waals surface area contributed by atoms with Crippen LogP contribution in [0.1, 0.15) is 26.7 Å². The first-order valence-corrected chi connectivity index (χ1v) is 3.86. The van der Waals surface area contributed by atoms with Crippen molar-refractivity contribution in [2.45, 2.75) is 32.5 Å². The molecule has 1 rings (SSSR count). The SMILES string of the molecule is CC.OC1(O)CCNCC1. The summed E-state index contributed by atoms with van der Waals surface area (Å²) in [5, 5.41) is 20.8. The molecule has 62 valence electrons. The van der Waals surface area contributed by atoms with E-state index in [0.717, 1.165) is 0 Å². The summed E-state index contributed by atoms with van der Waals surface area (Å²) in [4.78, 5) is 0. The molecule has 0 atom stereocenters. The Morgan fingerprint density at radius 3 is 1.70 bits per heavy atom. The Kier molecular flexibility index (Phi) is 4.60. The molecule has 0 radical (unpaired) electrons. The topological polar surface area (TPSA) is 52.5 Å². The van der Waals surface area contributed by atoms with E-state index in [1.54, 1.807) is 0 Å². The van der Waals surface area contributed by atoms with Gasteiger partial charge in [0.1, 0.15) is 0 Å². The maximum atomic E-state index is 8.89. The largest absolute Gasteiger partial charge is 0.366 e. The Labute approximate surface area is 62.1 Å². The van der Waals surface area contributed by atoms with E-state index in [4.69, 9.17) is 10.2 Å². The van der Waals surface area contributed by atoms with Crippen LogP contribution >= 0.6 is 0 Å². The predicted molar refractivity (Wildman–Crippen MR) is 40.6 cm³/mol. The van der Waals surface area contributed by atoms with Crippen molar-refractivity contribution in [1.82, 2.24) is 5.32 Å². The van der Waals surface area contributed by atoms with Crippen LogP contribution in [0.15, 0.2) is 0 Å². The summed E-state index contributed by atoms with van der Waals surface area (Å²) in [6, 6.07) is 0. The molecule has 1 aliphatic heterocycles. The molecule has 0 saturated carbocycles. The van der Waals surface area contributed by atoms with Gasteiger partial charge < -0.3 is 15.5 Å². The zero-order valence-corrected chi connectivity index (χ0v) is 6.72. The van der Waals surface area contributed by atoms with Gasteiger partial charge in [-0.3, -0.25) is 0 Å². The highest BCUT2D eigenvalue weighted by molar-refractivity contribution is 4.72. The molecule has 0 aromatic rings. The van der Waals surface area contributed by atoms with E-state index in [9.17, 15) is 0 Å². The monoisotopic (exact) mass is 147 g/mol. The summed E-state index contributed by atoms with van der Waals surface area (Å²) < 4.78 is 0. The number of aliphatic hydroxyl groups is 2. The fourth-order valence-electron chi connectivity index (χ4n) is 0.827. The predicted octanol–water partition coefficient (Wildman–Crippen LogP) is 0.0769. The lowest BCUT2D eigenvalue weighted by atomic mass is 10.1. The van der Waals surface area contributed by atoms with Gasteiger partial charge in [-0.15, -0.1) is 0 Å². The van der Waals surface area contributed by atoms with Gasteiger partial charge in [0.15, 0.2) is 5.79 Å². The fourth-order valence-corrected chi connectivity index (χ4v) is 0.827. The minimum atomic E-state index is -1.38. The van der Waals surface area contributed by atoms with Gasteiger partial charge in [0.25, 0.3) is 0 Å². The van der Waals surface area contributed by atoms with E-state index in [1.807, 2.05) is 13.8 Å². The molecule has 3 N–H and O–H groups in total.